The fourth-order valence-electron chi connectivity index (χ4n) is 3.80. The molecule has 2 unspecified atom stereocenters. The van der Waals surface area contributed by atoms with Crippen molar-refractivity contribution >= 4 is 23.5 Å². The zero-order valence-corrected chi connectivity index (χ0v) is 16.2. The zero-order chi connectivity index (χ0) is 19.4. The van der Waals surface area contributed by atoms with Crippen LogP contribution in [0.1, 0.15) is 37.7 Å². The van der Waals surface area contributed by atoms with E-state index in [1.165, 1.54) is 0 Å². The molecule has 4 atom stereocenters. The van der Waals surface area contributed by atoms with E-state index in [9.17, 15) is 14.7 Å². The second-order valence-corrected chi connectivity index (χ2v) is 7.75. The van der Waals surface area contributed by atoms with Crippen molar-refractivity contribution in [3.63, 3.8) is 0 Å². The van der Waals surface area contributed by atoms with E-state index in [2.05, 4.69) is 0 Å². The molecule has 27 heavy (non-hydrogen) atoms. The normalized spacial score (nSPS) is 26.7. The minimum absolute atomic E-state index is 0.0427. The second kappa shape index (κ2) is 9.04. The molecular formula is C20H26ClNO5. The summed E-state index contributed by atoms with van der Waals surface area (Å²) >= 11 is 5.93. The Morgan fingerprint density at radius 3 is 2.67 bits per heavy atom. The van der Waals surface area contributed by atoms with Gasteiger partial charge in [-0.25, -0.2) is 0 Å². The molecule has 0 bridgehead atoms. The van der Waals surface area contributed by atoms with Crippen molar-refractivity contribution in [1.29, 1.82) is 0 Å². The maximum absolute atomic E-state index is 12.8. The number of rotatable bonds is 6. The number of carbonyl (C=O) groups excluding carboxylic acids is 1. The van der Waals surface area contributed by atoms with Crippen LogP contribution in [-0.4, -0.2) is 60.4 Å². The third kappa shape index (κ3) is 5.00. The predicted molar refractivity (Wildman–Crippen MR) is 101 cm³/mol. The van der Waals surface area contributed by atoms with E-state index in [4.69, 9.17) is 21.1 Å². The molecule has 7 heteroatoms. The topological polar surface area (TPSA) is 76.1 Å². The molecule has 3 rings (SSSR count). The molecule has 0 spiro atoms. The van der Waals surface area contributed by atoms with Crippen molar-refractivity contribution in [2.45, 2.75) is 44.3 Å². The van der Waals surface area contributed by atoms with Gasteiger partial charge in [-0.15, -0.1) is 0 Å². The Labute approximate surface area is 164 Å². The number of ether oxygens (including phenoxy) is 2. The molecular weight excluding hydrogens is 370 g/mol. The second-order valence-electron chi connectivity index (χ2n) is 7.31. The van der Waals surface area contributed by atoms with Gasteiger partial charge >= 0.3 is 5.97 Å². The fourth-order valence-corrected chi connectivity index (χ4v) is 3.93. The molecule has 0 radical (unpaired) electrons. The number of likely N-dealkylation sites (tertiary alicyclic amines) is 1. The number of halogens is 1. The summed E-state index contributed by atoms with van der Waals surface area (Å²) in [5.74, 6) is -1.95. The molecule has 2 aliphatic rings. The average molecular weight is 396 g/mol. The Kier molecular flexibility index (Phi) is 6.73. The fraction of sp³-hybridized carbons (Fsp3) is 0.600. The van der Waals surface area contributed by atoms with Gasteiger partial charge in [-0.1, -0.05) is 23.7 Å². The van der Waals surface area contributed by atoms with Crippen LogP contribution in [0, 0.1) is 5.92 Å². The minimum atomic E-state index is -0.894. The minimum Gasteiger partial charge on any atom is -0.481 e. The van der Waals surface area contributed by atoms with Gasteiger partial charge in [0, 0.05) is 30.6 Å². The van der Waals surface area contributed by atoms with Crippen LogP contribution in [0.3, 0.4) is 0 Å². The van der Waals surface area contributed by atoms with Gasteiger partial charge in [0.05, 0.1) is 18.6 Å². The van der Waals surface area contributed by atoms with Crippen LogP contribution in [0.2, 0.25) is 5.02 Å². The van der Waals surface area contributed by atoms with Gasteiger partial charge in [0.25, 0.3) is 5.91 Å². The third-order valence-corrected chi connectivity index (χ3v) is 5.65. The maximum atomic E-state index is 12.8. The lowest BCUT2D eigenvalue weighted by Crippen LogP contribution is -2.39. The van der Waals surface area contributed by atoms with Crippen LogP contribution in [0.15, 0.2) is 24.3 Å². The molecule has 1 amide bonds. The summed E-state index contributed by atoms with van der Waals surface area (Å²) in [7, 11) is 0. The number of nitrogens with zero attached hydrogens (tertiary/aromatic N) is 1. The summed E-state index contributed by atoms with van der Waals surface area (Å²) in [4.78, 5) is 26.1. The SMILES string of the molecule is CC(OCC1CCCCO1)C(=O)N1C[C@@H](C(=O)O)[C@H](c2ccc(Cl)cc2)C1. The van der Waals surface area contributed by atoms with E-state index < -0.39 is 18.0 Å². The Hall–Kier alpha value is -1.63. The van der Waals surface area contributed by atoms with Gasteiger partial charge in [-0.2, -0.15) is 0 Å². The van der Waals surface area contributed by atoms with E-state index in [1.807, 2.05) is 12.1 Å². The van der Waals surface area contributed by atoms with E-state index in [0.29, 0.717) is 18.2 Å². The van der Waals surface area contributed by atoms with Crippen LogP contribution in [0.5, 0.6) is 0 Å². The monoisotopic (exact) mass is 395 g/mol. The van der Waals surface area contributed by atoms with Gasteiger partial charge in [-0.3, -0.25) is 9.59 Å². The Bertz CT molecular complexity index is 659. The largest absolute Gasteiger partial charge is 0.481 e. The van der Waals surface area contributed by atoms with Gasteiger partial charge in [0.2, 0.25) is 0 Å². The van der Waals surface area contributed by atoms with Crippen molar-refractivity contribution in [2.75, 3.05) is 26.3 Å². The number of amides is 1. The molecule has 2 saturated heterocycles. The highest BCUT2D eigenvalue weighted by Gasteiger charge is 2.41. The van der Waals surface area contributed by atoms with E-state index in [1.54, 1.807) is 24.0 Å². The highest BCUT2D eigenvalue weighted by molar-refractivity contribution is 6.30. The molecule has 1 aromatic carbocycles. The summed E-state index contributed by atoms with van der Waals surface area (Å²) in [6, 6.07) is 7.15. The van der Waals surface area contributed by atoms with E-state index in [0.717, 1.165) is 31.4 Å². The van der Waals surface area contributed by atoms with E-state index in [-0.39, 0.29) is 24.5 Å². The number of benzene rings is 1. The standard InChI is InChI=1S/C20H26ClNO5/c1-13(27-12-16-4-2-3-9-26-16)19(23)22-10-17(18(11-22)20(24)25)14-5-7-15(21)8-6-14/h5-8,13,16-18H,2-4,9-12H2,1H3,(H,24,25)/t13?,16?,17-,18+/m0/s1. The molecule has 0 aromatic heterocycles. The third-order valence-electron chi connectivity index (χ3n) is 5.40. The quantitative estimate of drug-likeness (QED) is 0.801. The predicted octanol–water partition coefficient (Wildman–Crippen LogP) is 2.94. The molecule has 6 nitrogen and oxygen atoms in total. The van der Waals surface area contributed by atoms with Gasteiger partial charge in [0.1, 0.15) is 6.10 Å². The first-order chi connectivity index (χ1) is 13.0. The summed E-state index contributed by atoms with van der Waals surface area (Å²) in [5, 5.41) is 10.2. The number of carbonyl (C=O) groups is 2. The molecule has 1 N–H and O–H groups in total. The number of carboxylic acid groups (broad SMARTS) is 1. The maximum Gasteiger partial charge on any atom is 0.308 e. The molecule has 2 heterocycles. The van der Waals surface area contributed by atoms with Crippen molar-refractivity contribution in [3.05, 3.63) is 34.9 Å². The van der Waals surface area contributed by atoms with Gasteiger partial charge in [0.15, 0.2) is 0 Å². The summed E-state index contributed by atoms with van der Waals surface area (Å²) in [6.07, 6.45) is 2.56. The van der Waals surface area contributed by atoms with E-state index >= 15 is 0 Å². The molecule has 2 fully saturated rings. The lowest BCUT2D eigenvalue weighted by molar-refractivity contribution is -0.146. The van der Waals surface area contributed by atoms with Crippen LogP contribution in [0.25, 0.3) is 0 Å². The molecule has 0 aliphatic carbocycles. The number of carboxylic acids is 1. The van der Waals surface area contributed by atoms with Gasteiger partial charge in [-0.05, 0) is 43.9 Å². The van der Waals surface area contributed by atoms with Crippen molar-refractivity contribution in [1.82, 2.24) is 4.90 Å². The highest BCUT2D eigenvalue weighted by Crippen LogP contribution is 2.34. The summed E-state index contributed by atoms with van der Waals surface area (Å²) in [5.41, 5.74) is 0.881. The van der Waals surface area contributed by atoms with Gasteiger partial charge < -0.3 is 19.5 Å². The first-order valence-corrected chi connectivity index (χ1v) is 9.83. The number of aliphatic carboxylic acids is 1. The van der Waals surface area contributed by atoms with Crippen LogP contribution in [0.4, 0.5) is 0 Å². The van der Waals surface area contributed by atoms with Crippen molar-refractivity contribution in [2.24, 2.45) is 5.92 Å². The smallest absolute Gasteiger partial charge is 0.308 e. The zero-order valence-electron chi connectivity index (χ0n) is 15.5. The highest BCUT2D eigenvalue weighted by atomic mass is 35.5. The molecule has 2 aliphatic heterocycles. The average Bonchev–Trinajstić information content (AvgIpc) is 3.12. The first kappa shape index (κ1) is 20.1. The first-order valence-electron chi connectivity index (χ1n) is 9.46. The van der Waals surface area contributed by atoms with Crippen molar-refractivity contribution < 1.29 is 24.2 Å². The Morgan fingerprint density at radius 1 is 1.30 bits per heavy atom. The lowest BCUT2D eigenvalue weighted by atomic mass is 9.89. The van der Waals surface area contributed by atoms with Crippen LogP contribution >= 0.6 is 11.6 Å². The molecule has 1 aromatic rings. The summed E-state index contributed by atoms with van der Waals surface area (Å²) < 4.78 is 11.4. The van der Waals surface area contributed by atoms with Crippen molar-refractivity contribution in [3.8, 4) is 0 Å². The van der Waals surface area contributed by atoms with Crippen LogP contribution in [-0.2, 0) is 19.1 Å². The Morgan fingerprint density at radius 2 is 2.04 bits per heavy atom. The number of hydrogen-bond donors (Lipinski definition) is 1. The lowest BCUT2D eigenvalue weighted by Gasteiger charge is -2.25. The van der Waals surface area contributed by atoms with Crippen LogP contribution < -0.4 is 0 Å². The number of hydrogen-bond acceptors (Lipinski definition) is 4. The Balaban J connectivity index is 1.61. The molecule has 0 saturated carbocycles. The molecule has 148 valence electrons. The summed E-state index contributed by atoms with van der Waals surface area (Å²) in [6.45, 7) is 3.41.